The average Bonchev–Trinajstić information content (AvgIpc) is 2.48. The predicted octanol–water partition coefficient (Wildman–Crippen LogP) is 1.92. The number of hydrogen-bond acceptors (Lipinski definition) is 3. The summed E-state index contributed by atoms with van der Waals surface area (Å²) in [7, 11) is 0. The van der Waals surface area contributed by atoms with E-state index in [0.717, 1.165) is 12.8 Å². The van der Waals surface area contributed by atoms with Gasteiger partial charge in [0.25, 0.3) is 0 Å². The molecule has 1 saturated heterocycles. The molecule has 0 spiro atoms. The van der Waals surface area contributed by atoms with Gasteiger partial charge in [-0.25, -0.2) is 4.79 Å². The Labute approximate surface area is 118 Å². The SMILES string of the molecule is O=C(O)[C@@H]1CCCCN1C(=O)CCOc1ccccc1. The van der Waals surface area contributed by atoms with Gasteiger partial charge in [0.05, 0.1) is 13.0 Å². The molecule has 5 nitrogen and oxygen atoms in total. The van der Waals surface area contributed by atoms with Crippen molar-refractivity contribution >= 4 is 11.9 Å². The first kappa shape index (κ1) is 14.4. The van der Waals surface area contributed by atoms with Gasteiger partial charge >= 0.3 is 5.97 Å². The number of benzene rings is 1. The second kappa shape index (κ2) is 6.93. The molecule has 20 heavy (non-hydrogen) atoms. The number of piperidine rings is 1. The van der Waals surface area contributed by atoms with Gasteiger partial charge in [-0.3, -0.25) is 4.79 Å². The Balaban J connectivity index is 1.83. The Bertz CT molecular complexity index is 460. The highest BCUT2D eigenvalue weighted by atomic mass is 16.5. The molecule has 0 aliphatic carbocycles. The number of rotatable bonds is 5. The maximum atomic E-state index is 12.1. The molecule has 1 heterocycles. The number of nitrogens with zero attached hydrogens (tertiary/aromatic N) is 1. The van der Waals surface area contributed by atoms with E-state index in [4.69, 9.17) is 9.84 Å². The van der Waals surface area contributed by atoms with Crippen molar-refractivity contribution in [3.05, 3.63) is 30.3 Å². The van der Waals surface area contributed by atoms with E-state index in [1.807, 2.05) is 30.3 Å². The minimum Gasteiger partial charge on any atom is -0.493 e. The summed E-state index contributed by atoms with van der Waals surface area (Å²) >= 11 is 0. The van der Waals surface area contributed by atoms with Crippen molar-refractivity contribution in [3.8, 4) is 5.75 Å². The largest absolute Gasteiger partial charge is 0.493 e. The minimum absolute atomic E-state index is 0.145. The topological polar surface area (TPSA) is 66.8 Å². The van der Waals surface area contributed by atoms with Crippen LogP contribution in [-0.2, 0) is 9.59 Å². The lowest BCUT2D eigenvalue weighted by Gasteiger charge is -2.33. The Morgan fingerprint density at radius 1 is 1.25 bits per heavy atom. The van der Waals surface area contributed by atoms with Crippen LogP contribution in [0.25, 0.3) is 0 Å². The number of aliphatic carboxylic acids is 1. The Morgan fingerprint density at radius 2 is 2.00 bits per heavy atom. The molecule has 1 aliphatic heterocycles. The number of likely N-dealkylation sites (tertiary alicyclic amines) is 1. The fraction of sp³-hybridized carbons (Fsp3) is 0.467. The van der Waals surface area contributed by atoms with Crippen LogP contribution in [0.3, 0.4) is 0 Å². The van der Waals surface area contributed by atoms with E-state index in [1.165, 1.54) is 4.90 Å². The zero-order chi connectivity index (χ0) is 14.4. The van der Waals surface area contributed by atoms with Crippen LogP contribution in [0.1, 0.15) is 25.7 Å². The number of carbonyl (C=O) groups excluding carboxylic acids is 1. The van der Waals surface area contributed by atoms with Gasteiger partial charge in [0.2, 0.25) is 5.91 Å². The van der Waals surface area contributed by atoms with Gasteiger partial charge in [-0.15, -0.1) is 0 Å². The summed E-state index contributed by atoms with van der Waals surface area (Å²) in [6, 6.07) is 8.60. The number of carboxylic acids is 1. The summed E-state index contributed by atoms with van der Waals surface area (Å²) in [4.78, 5) is 24.7. The summed E-state index contributed by atoms with van der Waals surface area (Å²) in [5.74, 6) is -0.344. The fourth-order valence-corrected chi connectivity index (χ4v) is 2.40. The third-order valence-corrected chi connectivity index (χ3v) is 3.44. The van der Waals surface area contributed by atoms with Crippen LogP contribution in [-0.4, -0.2) is 41.1 Å². The minimum atomic E-state index is -0.915. The standard InChI is InChI=1S/C15H19NO4/c17-14(9-11-20-12-6-2-1-3-7-12)16-10-5-4-8-13(16)15(18)19/h1-3,6-7,13H,4-5,8-11H2,(H,18,19)/t13-/m0/s1. The van der Waals surface area contributed by atoms with Crippen LogP contribution in [0.4, 0.5) is 0 Å². The van der Waals surface area contributed by atoms with E-state index < -0.39 is 12.0 Å². The second-order valence-electron chi connectivity index (χ2n) is 4.85. The molecule has 0 saturated carbocycles. The first-order valence-electron chi connectivity index (χ1n) is 6.88. The molecule has 1 atom stereocenters. The van der Waals surface area contributed by atoms with Gasteiger partial charge < -0.3 is 14.7 Å². The van der Waals surface area contributed by atoms with Crippen LogP contribution in [0, 0.1) is 0 Å². The van der Waals surface area contributed by atoms with Crippen LogP contribution in [0.5, 0.6) is 5.75 Å². The lowest BCUT2D eigenvalue weighted by atomic mass is 10.0. The molecular formula is C15H19NO4. The zero-order valence-corrected chi connectivity index (χ0v) is 11.3. The van der Waals surface area contributed by atoms with Crippen LogP contribution >= 0.6 is 0 Å². The zero-order valence-electron chi connectivity index (χ0n) is 11.3. The van der Waals surface area contributed by atoms with Crippen LogP contribution < -0.4 is 4.74 Å². The van der Waals surface area contributed by atoms with Crippen LogP contribution in [0.2, 0.25) is 0 Å². The molecule has 2 rings (SSSR count). The molecule has 0 aromatic heterocycles. The number of carbonyl (C=O) groups is 2. The molecule has 1 fully saturated rings. The highest BCUT2D eigenvalue weighted by Crippen LogP contribution is 2.18. The summed E-state index contributed by atoms with van der Waals surface area (Å²) in [6.07, 6.45) is 2.48. The fourth-order valence-electron chi connectivity index (χ4n) is 2.40. The predicted molar refractivity (Wildman–Crippen MR) is 73.5 cm³/mol. The molecule has 1 aromatic rings. The smallest absolute Gasteiger partial charge is 0.326 e. The van der Waals surface area contributed by atoms with Gasteiger partial charge in [0, 0.05) is 6.54 Å². The van der Waals surface area contributed by atoms with E-state index in [2.05, 4.69) is 0 Å². The second-order valence-corrected chi connectivity index (χ2v) is 4.85. The Hall–Kier alpha value is -2.04. The molecule has 0 unspecified atom stereocenters. The molecule has 1 N–H and O–H groups in total. The Morgan fingerprint density at radius 3 is 2.70 bits per heavy atom. The van der Waals surface area contributed by atoms with Crippen LogP contribution in [0.15, 0.2) is 30.3 Å². The molecule has 108 valence electrons. The third-order valence-electron chi connectivity index (χ3n) is 3.44. The maximum absolute atomic E-state index is 12.1. The molecular weight excluding hydrogens is 258 g/mol. The van der Waals surface area contributed by atoms with Gasteiger partial charge in [0.15, 0.2) is 0 Å². The molecule has 1 amide bonds. The third kappa shape index (κ3) is 3.73. The first-order valence-corrected chi connectivity index (χ1v) is 6.88. The Kier molecular flexibility index (Phi) is 4.98. The van der Waals surface area contributed by atoms with Crippen molar-refractivity contribution < 1.29 is 19.4 Å². The average molecular weight is 277 g/mol. The van der Waals surface area contributed by atoms with Crippen molar-refractivity contribution in [2.24, 2.45) is 0 Å². The quantitative estimate of drug-likeness (QED) is 0.893. The van der Waals surface area contributed by atoms with E-state index in [-0.39, 0.29) is 18.9 Å². The number of para-hydroxylation sites is 1. The molecule has 0 bridgehead atoms. The van der Waals surface area contributed by atoms with Crippen molar-refractivity contribution in [1.82, 2.24) is 4.90 Å². The number of ether oxygens (including phenoxy) is 1. The van der Waals surface area contributed by atoms with Gasteiger partial charge in [-0.05, 0) is 31.4 Å². The number of hydrogen-bond donors (Lipinski definition) is 1. The lowest BCUT2D eigenvalue weighted by Crippen LogP contribution is -2.48. The molecule has 5 heteroatoms. The van der Waals surface area contributed by atoms with E-state index >= 15 is 0 Å². The number of carboxylic acid groups (broad SMARTS) is 1. The van der Waals surface area contributed by atoms with E-state index in [0.29, 0.717) is 18.7 Å². The summed E-state index contributed by atoms with van der Waals surface area (Å²) in [6.45, 7) is 0.798. The summed E-state index contributed by atoms with van der Waals surface area (Å²) in [5, 5.41) is 9.14. The molecule has 1 aliphatic rings. The van der Waals surface area contributed by atoms with Gasteiger partial charge in [-0.2, -0.15) is 0 Å². The molecule has 0 radical (unpaired) electrons. The summed E-state index contributed by atoms with van der Waals surface area (Å²) in [5.41, 5.74) is 0. The highest BCUT2D eigenvalue weighted by molar-refractivity contribution is 5.83. The van der Waals surface area contributed by atoms with Gasteiger partial charge in [-0.1, -0.05) is 18.2 Å². The normalized spacial score (nSPS) is 18.6. The first-order chi connectivity index (χ1) is 9.68. The number of amides is 1. The van der Waals surface area contributed by atoms with Crippen molar-refractivity contribution in [1.29, 1.82) is 0 Å². The van der Waals surface area contributed by atoms with Crippen molar-refractivity contribution in [2.45, 2.75) is 31.7 Å². The molecule has 1 aromatic carbocycles. The van der Waals surface area contributed by atoms with E-state index in [9.17, 15) is 9.59 Å². The van der Waals surface area contributed by atoms with Crippen molar-refractivity contribution in [2.75, 3.05) is 13.2 Å². The highest BCUT2D eigenvalue weighted by Gasteiger charge is 2.31. The lowest BCUT2D eigenvalue weighted by molar-refractivity contribution is -0.152. The maximum Gasteiger partial charge on any atom is 0.326 e. The van der Waals surface area contributed by atoms with Crippen molar-refractivity contribution in [3.63, 3.8) is 0 Å². The van der Waals surface area contributed by atoms with Gasteiger partial charge in [0.1, 0.15) is 11.8 Å². The summed E-state index contributed by atoms with van der Waals surface area (Å²) < 4.78 is 5.47. The monoisotopic (exact) mass is 277 g/mol. The van der Waals surface area contributed by atoms with E-state index in [1.54, 1.807) is 0 Å².